The van der Waals surface area contributed by atoms with E-state index in [1.165, 1.54) is 0 Å². The molecular formula is C13H25FO3Si. The average Bonchev–Trinajstić information content (AvgIpc) is 2.23. The fourth-order valence-corrected chi connectivity index (χ4v) is 1.95. The lowest BCUT2D eigenvalue weighted by molar-refractivity contribution is -0.140. The summed E-state index contributed by atoms with van der Waals surface area (Å²) in [4.78, 5) is 11.2. The minimum absolute atomic E-state index is 0.0632. The van der Waals surface area contributed by atoms with Gasteiger partial charge in [0.15, 0.2) is 8.32 Å². The van der Waals surface area contributed by atoms with Gasteiger partial charge in [0.1, 0.15) is 0 Å². The van der Waals surface area contributed by atoms with E-state index in [1.807, 2.05) is 0 Å². The summed E-state index contributed by atoms with van der Waals surface area (Å²) in [5.74, 6) is -1.75. The van der Waals surface area contributed by atoms with Crippen LogP contribution in [-0.4, -0.2) is 27.5 Å². The van der Waals surface area contributed by atoms with Gasteiger partial charge in [0, 0.05) is 0 Å². The zero-order valence-corrected chi connectivity index (χ0v) is 13.5. The first kappa shape index (κ1) is 17.3. The molecule has 0 aromatic heterocycles. The maximum atomic E-state index is 13.6. The van der Waals surface area contributed by atoms with Crippen LogP contribution in [-0.2, 0) is 14.0 Å². The van der Waals surface area contributed by atoms with Crippen LogP contribution in [0.25, 0.3) is 0 Å². The number of halogens is 1. The lowest BCUT2D eigenvalue weighted by Crippen LogP contribution is -2.41. The van der Waals surface area contributed by atoms with E-state index in [0.717, 1.165) is 0 Å². The molecule has 0 aromatic rings. The van der Waals surface area contributed by atoms with Crippen molar-refractivity contribution in [1.29, 1.82) is 0 Å². The molecule has 0 spiro atoms. The highest BCUT2D eigenvalue weighted by molar-refractivity contribution is 6.74. The summed E-state index contributed by atoms with van der Waals surface area (Å²) in [6.07, 6.45) is 0. The molecule has 0 N–H and O–H groups in total. The minimum atomic E-state index is -1.92. The van der Waals surface area contributed by atoms with Gasteiger partial charge in [-0.2, -0.15) is 4.39 Å². The lowest BCUT2D eigenvalue weighted by Gasteiger charge is -2.36. The van der Waals surface area contributed by atoms with Crippen LogP contribution in [0.15, 0.2) is 11.4 Å². The Labute approximate surface area is 110 Å². The predicted octanol–water partition coefficient (Wildman–Crippen LogP) is 3.81. The number of esters is 1. The second kappa shape index (κ2) is 6.47. The van der Waals surface area contributed by atoms with E-state index < -0.39 is 20.1 Å². The Hall–Kier alpha value is -0.683. The fourth-order valence-electron chi connectivity index (χ4n) is 0.937. The zero-order chi connectivity index (χ0) is 14.6. The van der Waals surface area contributed by atoms with Crippen molar-refractivity contribution in [3.63, 3.8) is 0 Å². The summed E-state index contributed by atoms with van der Waals surface area (Å²) in [6.45, 7) is 14.0. The van der Waals surface area contributed by atoms with Crippen molar-refractivity contribution in [2.45, 2.75) is 52.8 Å². The van der Waals surface area contributed by atoms with Gasteiger partial charge in [0.05, 0.1) is 13.2 Å². The Kier molecular flexibility index (Phi) is 6.23. The van der Waals surface area contributed by atoms with Crippen LogP contribution in [0.3, 0.4) is 0 Å². The third kappa shape index (κ3) is 4.90. The average molecular weight is 276 g/mol. The molecule has 0 heterocycles. The second-order valence-corrected chi connectivity index (χ2v) is 10.7. The highest BCUT2D eigenvalue weighted by Crippen LogP contribution is 2.36. The van der Waals surface area contributed by atoms with Crippen molar-refractivity contribution < 1.29 is 18.3 Å². The maximum absolute atomic E-state index is 13.6. The molecule has 0 aliphatic carbocycles. The van der Waals surface area contributed by atoms with E-state index in [-0.39, 0.29) is 18.3 Å². The maximum Gasteiger partial charge on any atom is 0.367 e. The standard InChI is InChI=1S/C13H25FO3Si/c1-8-16-12(15)11(14)10(2)9-17-18(6,7)13(3,4)5/h8-9H2,1-7H3/b11-10-. The van der Waals surface area contributed by atoms with Crippen molar-refractivity contribution >= 4 is 14.3 Å². The van der Waals surface area contributed by atoms with Crippen molar-refractivity contribution in [3.8, 4) is 0 Å². The van der Waals surface area contributed by atoms with E-state index in [0.29, 0.717) is 5.57 Å². The first-order valence-electron chi connectivity index (χ1n) is 6.19. The first-order chi connectivity index (χ1) is 8.03. The molecule has 106 valence electrons. The highest BCUT2D eigenvalue weighted by atomic mass is 28.4. The monoisotopic (exact) mass is 276 g/mol. The number of carbonyl (C=O) groups excluding carboxylic acids is 1. The molecular weight excluding hydrogens is 251 g/mol. The highest BCUT2D eigenvalue weighted by Gasteiger charge is 2.37. The quantitative estimate of drug-likeness (QED) is 0.435. The fraction of sp³-hybridized carbons (Fsp3) is 0.769. The molecule has 0 unspecified atom stereocenters. The third-order valence-corrected chi connectivity index (χ3v) is 7.76. The molecule has 0 aromatic carbocycles. The Balaban J connectivity index is 4.64. The normalized spacial score (nSPS) is 14.2. The Morgan fingerprint density at radius 1 is 1.28 bits per heavy atom. The molecule has 0 bridgehead atoms. The van der Waals surface area contributed by atoms with Gasteiger partial charge in [-0.1, -0.05) is 20.8 Å². The summed E-state index contributed by atoms with van der Waals surface area (Å²) >= 11 is 0. The summed E-state index contributed by atoms with van der Waals surface area (Å²) < 4.78 is 24.0. The number of ether oxygens (including phenoxy) is 1. The van der Waals surface area contributed by atoms with Crippen molar-refractivity contribution in [1.82, 2.24) is 0 Å². The van der Waals surface area contributed by atoms with Crippen LogP contribution in [0.2, 0.25) is 18.1 Å². The van der Waals surface area contributed by atoms with Crippen LogP contribution in [0, 0.1) is 0 Å². The SMILES string of the molecule is CCOC(=O)/C(F)=C(\C)CO[Si](C)(C)C(C)(C)C. The molecule has 0 fully saturated rings. The van der Waals surface area contributed by atoms with Gasteiger partial charge in [-0.05, 0) is 37.6 Å². The molecule has 0 radical (unpaired) electrons. The van der Waals surface area contributed by atoms with E-state index in [4.69, 9.17) is 4.43 Å². The summed E-state index contributed by atoms with van der Waals surface area (Å²) in [6, 6.07) is 0. The smallest absolute Gasteiger partial charge is 0.367 e. The largest absolute Gasteiger partial charge is 0.461 e. The predicted molar refractivity (Wildman–Crippen MR) is 73.6 cm³/mol. The molecule has 0 aliphatic heterocycles. The van der Waals surface area contributed by atoms with Crippen molar-refractivity contribution in [2.24, 2.45) is 0 Å². The molecule has 5 heteroatoms. The van der Waals surface area contributed by atoms with Crippen LogP contribution in [0.4, 0.5) is 4.39 Å². The van der Waals surface area contributed by atoms with Gasteiger partial charge < -0.3 is 9.16 Å². The van der Waals surface area contributed by atoms with Crippen LogP contribution in [0.1, 0.15) is 34.6 Å². The van der Waals surface area contributed by atoms with E-state index in [9.17, 15) is 9.18 Å². The van der Waals surface area contributed by atoms with Gasteiger partial charge in [0.2, 0.25) is 5.83 Å². The molecule has 0 saturated heterocycles. The van der Waals surface area contributed by atoms with Crippen LogP contribution in [0.5, 0.6) is 0 Å². The molecule has 0 atom stereocenters. The Morgan fingerprint density at radius 3 is 2.17 bits per heavy atom. The molecule has 0 saturated carbocycles. The second-order valence-electron chi connectivity index (χ2n) is 5.86. The van der Waals surface area contributed by atoms with Gasteiger partial charge in [-0.15, -0.1) is 0 Å². The van der Waals surface area contributed by atoms with Crippen LogP contribution < -0.4 is 0 Å². The van der Waals surface area contributed by atoms with Gasteiger partial charge in [0.25, 0.3) is 0 Å². The molecule has 0 rings (SSSR count). The zero-order valence-electron chi connectivity index (χ0n) is 12.5. The Bertz CT molecular complexity index is 330. The summed E-state index contributed by atoms with van der Waals surface area (Å²) in [5, 5.41) is 0.0632. The molecule has 0 amide bonds. The molecule has 0 aliphatic rings. The minimum Gasteiger partial charge on any atom is -0.461 e. The number of rotatable bonds is 5. The third-order valence-electron chi connectivity index (χ3n) is 3.29. The summed E-state index contributed by atoms with van der Waals surface area (Å²) in [7, 11) is -1.92. The van der Waals surface area contributed by atoms with Crippen LogP contribution >= 0.6 is 0 Å². The Morgan fingerprint density at radius 2 is 1.78 bits per heavy atom. The summed E-state index contributed by atoms with van der Waals surface area (Å²) in [5.41, 5.74) is 0.290. The van der Waals surface area contributed by atoms with Crippen molar-refractivity contribution in [2.75, 3.05) is 13.2 Å². The lowest BCUT2D eigenvalue weighted by atomic mass is 10.2. The van der Waals surface area contributed by atoms with E-state index in [1.54, 1.807) is 13.8 Å². The van der Waals surface area contributed by atoms with Gasteiger partial charge in [-0.25, -0.2) is 4.79 Å². The molecule has 3 nitrogen and oxygen atoms in total. The van der Waals surface area contributed by atoms with Gasteiger partial charge >= 0.3 is 5.97 Å². The number of hydrogen-bond acceptors (Lipinski definition) is 3. The number of carbonyl (C=O) groups is 1. The molecule has 18 heavy (non-hydrogen) atoms. The topological polar surface area (TPSA) is 35.5 Å². The van der Waals surface area contributed by atoms with E-state index >= 15 is 0 Å². The number of hydrogen-bond donors (Lipinski definition) is 0. The van der Waals surface area contributed by atoms with E-state index in [2.05, 4.69) is 38.6 Å². The van der Waals surface area contributed by atoms with Crippen molar-refractivity contribution in [3.05, 3.63) is 11.4 Å². The first-order valence-corrected chi connectivity index (χ1v) is 9.10. The van der Waals surface area contributed by atoms with Gasteiger partial charge in [-0.3, -0.25) is 0 Å².